The van der Waals surface area contributed by atoms with Gasteiger partial charge in [-0.25, -0.2) is 0 Å². The van der Waals surface area contributed by atoms with Gasteiger partial charge in [0.1, 0.15) is 0 Å². The number of benzene rings is 6. The van der Waals surface area contributed by atoms with Crippen molar-refractivity contribution in [3.05, 3.63) is 175 Å². The smallest absolute Gasteiger partial charge is 0.203 e. The van der Waals surface area contributed by atoms with Crippen LogP contribution in [0, 0.1) is 0 Å². The molecule has 0 heterocycles. The molecule has 0 aliphatic rings. The fourth-order valence-corrected chi connectivity index (χ4v) is 16.9. The summed E-state index contributed by atoms with van der Waals surface area (Å²) in [5.74, 6) is 4.78. The van der Waals surface area contributed by atoms with E-state index in [0.717, 1.165) is 133 Å². The third-order valence-corrected chi connectivity index (χ3v) is 25.2. The molecule has 0 amide bonds. The first kappa shape index (κ1) is 107. The fourth-order valence-electron chi connectivity index (χ4n) is 16.7. The molecule has 0 atom stereocenters. The van der Waals surface area contributed by atoms with Crippen LogP contribution in [0.2, 0.25) is 0 Å². The number of ether oxygens (including phenoxy) is 6. The molecule has 0 aromatic heterocycles. The Morgan fingerprint density at radius 1 is 0.160 bits per heavy atom. The van der Waals surface area contributed by atoms with Crippen LogP contribution >= 0.6 is 15.9 Å². The first-order valence-electron chi connectivity index (χ1n) is 52.4. The van der Waals surface area contributed by atoms with E-state index >= 15 is 0 Å². The van der Waals surface area contributed by atoms with Crippen LogP contribution in [0.5, 0.6) is 34.5 Å². The molecule has 6 rings (SSSR count). The van der Waals surface area contributed by atoms with E-state index in [4.69, 9.17) is 28.4 Å². The van der Waals surface area contributed by atoms with Gasteiger partial charge in [-0.2, -0.15) is 0 Å². The summed E-state index contributed by atoms with van der Waals surface area (Å²) in [5, 5.41) is 0. The monoisotopic (exact) mass is 1770 g/mol. The van der Waals surface area contributed by atoms with Crippen molar-refractivity contribution < 1.29 is 28.4 Å². The van der Waals surface area contributed by atoms with Gasteiger partial charge in [0.05, 0.1) is 39.6 Å². The number of unbranched alkanes of at least 4 members (excludes halogenated alkanes) is 54. The van der Waals surface area contributed by atoms with Crippen molar-refractivity contribution in [1.29, 1.82) is 0 Å². The lowest BCUT2D eigenvalue weighted by Crippen LogP contribution is -2.07. The molecule has 125 heavy (non-hydrogen) atoms. The second-order valence-corrected chi connectivity index (χ2v) is 37.3. The van der Waals surface area contributed by atoms with Crippen LogP contribution in [-0.2, 0) is 0 Å². The summed E-state index contributed by atoms with van der Waals surface area (Å²) < 4.78 is 41.9. The molecule has 7 heteroatoms. The first-order chi connectivity index (χ1) is 61.8. The number of hydrogen-bond donors (Lipinski definition) is 0. The largest absolute Gasteiger partial charge is 0.490 e. The van der Waals surface area contributed by atoms with E-state index in [1.54, 1.807) is 0 Å². The van der Waals surface area contributed by atoms with Gasteiger partial charge in [-0.1, -0.05) is 526 Å². The van der Waals surface area contributed by atoms with Crippen LogP contribution in [0.1, 0.15) is 482 Å². The zero-order valence-corrected chi connectivity index (χ0v) is 82.3. The van der Waals surface area contributed by atoms with Gasteiger partial charge in [0.2, 0.25) is 11.5 Å². The normalized spacial score (nSPS) is 11.8. The minimum atomic E-state index is 0.667. The van der Waals surface area contributed by atoms with Gasteiger partial charge >= 0.3 is 0 Å². The maximum absolute atomic E-state index is 6.80. The van der Waals surface area contributed by atoms with E-state index < -0.39 is 0 Å². The van der Waals surface area contributed by atoms with Gasteiger partial charge in [-0.3, -0.25) is 0 Å². The van der Waals surface area contributed by atoms with Gasteiger partial charge in [-0.05, 0) is 149 Å². The maximum atomic E-state index is 6.80. The molecule has 694 valence electrons. The van der Waals surface area contributed by atoms with Crippen molar-refractivity contribution >= 4 is 76.7 Å². The summed E-state index contributed by atoms with van der Waals surface area (Å²) in [6.45, 7) is 17.8. The van der Waals surface area contributed by atoms with Crippen molar-refractivity contribution in [2.45, 2.75) is 427 Å². The zero-order chi connectivity index (χ0) is 88.2. The second-order valence-electron chi connectivity index (χ2n) is 36.4. The minimum absolute atomic E-state index is 0.667. The van der Waals surface area contributed by atoms with Crippen molar-refractivity contribution in [3.63, 3.8) is 0 Å². The predicted molar refractivity (Wildman–Crippen MR) is 555 cm³/mol. The van der Waals surface area contributed by atoms with Crippen LogP contribution in [0.3, 0.4) is 0 Å². The molecular formula is C118H179BrO6. The number of halogens is 1. The quantitative estimate of drug-likeness (QED) is 0.0280. The van der Waals surface area contributed by atoms with Crippen molar-refractivity contribution in [1.82, 2.24) is 0 Å². The molecule has 0 saturated heterocycles. The highest BCUT2D eigenvalue weighted by Crippen LogP contribution is 2.42. The Kier molecular flexibility index (Phi) is 64.4. The summed E-state index contributed by atoms with van der Waals surface area (Å²) >= 11 is 3.64. The molecule has 0 aliphatic carbocycles. The summed E-state index contributed by atoms with van der Waals surface area (Å²) in [7, 11) is 0. The number of hydrogen-bond acceptors (Lipinski definition) is 6. The van der Waals surface area contributed by atoms with Crippen molar-refractivity contribution in [2.75, 3.05) is 39.6 Å². The molecule has 0 N–H and O–H groups in total. The summed E-state index contributed by atoms with van der Waals surface area (Å²) in [4.78, 5) is 0. The van der Waals surface area contributed by atoms with E-state index in [-0.39, 0.29) is 0 Å². The third-order valence-electron chi connectivity index (χ3n) is 24.7. The van der Waals surface area contributed by atoms with Crippen LogP contribution < -0.4 is 28.4 Å². The molecule has 0 fully saturated rings. The fraction of sp³-hybridized carbons (Fsp3) is 0.610. The van der Waals surface area contributed by atoms with Gasteiger partial charge in [0.25, 0.3) is 0 Å². The molecule has 6 aromatic carbocycles. The lowest BCUT2D eigenvalue weighted by Gasteiger charge is -2.18. The number of rotatable bonds is 82. The van der Waals surface area contributed by atoms with Crippen LogP contribution in [0.15, 0.2) is 120 Å². The molecular weight excluding hydrogens is 1590 g/mol. The Balaban J connectivity index is 1.19. The molecule has 0 spiro atoms. The topological polar surface area (TPSA) is 55.4 Å². The molecule has 0 unspecified atom stereocenters. The summed E-state index contributed by atoms with van der Waals surface area (Å²) in [6.07, 6.45) is 99.9. The standard InChI is InChI=1S/C118H179BrO6/c1-7-13-19-25-31-37-43-49-55-61-89-120-113-98-110(99-114(121-90-62-56-50-44-38-32-26-20-14-8-2)117(113)124-93-65-59-53-47-41-35-29-23-17-11-5)83-78-104-71-67-102(68-72-104)75-80-107-95-108(97-109(96-107)82-77-106-85-87-112(119)88-86-106)81-76-103-69-73-105(74-70-103)79-84-111-100-115(122-91-63-57-51-45-39-33-27-21-15-9-3)118(125-94-66-60-54-48-42-36-30-24-18-12-6)116(101-111)123-92-64-58-52-46-40-34-28-22-16-10-4/h67-88,95-101H,7-66,89-94H2,1-6H3/b80-75+,81-76+,82-77+,83-78+,84-79+. The Morgan fingerprint density at radius 3 is 0.472 bits per heavy atom. The highest BCUT2D eigenvalue weighted by Gasteiger charge is 2.19. The second kappa shape index (κ2) is 75.1. The van der Waals surface area contributed by atoms with Crippen molar-refractivity contribution in [3.8, 4) is 34.5 Å². The van der Waals surface area contributed by atoms with E-state index in [0.29, 0.717) is 39.6 Å². The van der Waals surface area contributed by atoms with Crippen LogP contribution in [0.25, 0.3) is 60.8 Å². The zero-order valence-electron chi connectivity index (χ0n) is 80.7. The lowest BCUT2D eigenvalue weighted by atomic mass is 10.0. The molecule has 0 aliphatic heterocycles. The maximum Gasteiger partial charge on any atom is 0.203 e. The first-order valence-corrected chi connectivity index (χ1v) is 53.2. The van der Waals surface area contributed by atoms with Crippen LogP contribution in [-0.4, -0.2) is 39.6 Å². The average molecular weight is 1770 g/mol. The molecule has 6 aromatic rings. The molecule has 0 saturated carbocycles. The minimum Gasteiger partial charge on any atom is -0.490 e. The Labute approximate surface area is 776 Å². The van der Waals surface area contributed by atoms with Gasteiger partial charge < -0.3 is 28.4 Å². The predicted octanol–water partition coefficient (Wildman–Crippen LogP) is 39.1. The van der Waals surface area contributed by atoms with Crippen LogP contribution in [0.4, 0.5) is 0 Å². The van der Waals surface area contributed by atoms with Crippen molar-refractivity contribution in [2.24, 2.45) is 0 Å². The Hall–Kier alpha value is -6.70. The van der Waals surface area contributed by atoms with E-state index in [1.807, 2.05) is 0 Å². The van der Waals surface area contributed by atoms with Gasteiger partial charge in [-0.15, -0.1) is 0 Å². The summed E-state index contributed by atoms with van der Waals surface area (Å²) in [6, 6.07) is 41.9. The average Bonchev–Trinajstić information content (AvgIpc) is 0.828. The molecule has 0 radical (unpaired) electrons. The Morgan fingerprint density at radius 2 is 0.296 bits per heavy atom. The van der Waals surface area contributed by atoms with E-state index in [2.05, 4.69) is 233 Å². The highest BCUT2D eigenvalue weighted by atomic mass is 79.9. The molecule has 6 nitrogen and oxygen atoms in total. The molecule has 0 bridgehead atoms. The highest BCUT2D eigenvalue weighted by molar-refractivity contribution is 9.10. The van der Waals surface area contributed by atoms with Gasteiger partial charge in [0.15, 0.2) is 23.0 Å². The Bertz CT molecular complexity index is 3400. The van der Waals surface area contributed by atoms with Gasteiger partial charge in [0, 0.05) is 4.47 Å². The van der Waals surface area contributed by atoms with E-state index in [9.17, 15) is 0 Å². The third kappa shape index (κ3) is 53.8. The summed E-state index contributed by atoms with van der Waals surface area (Å²) in [5.41, 5.74) is 11.2. The van der Waals surface area contributed by atoms with E-state index in [1.165, 1.54) is 347 Å². The SMILES string of the molecule is CCCCCCCCCCCCOc1cc(/C=C/c2ccc(/C=C/c3cc(/C=C/c4ccc(Br)cc4)cc(/C=C/c4ccc(/C=C/c5cc(OCCCCCCCCCCCC)c(OCCCCCCCCCCCC)c(OCCCCCCCCCCCC)c5)cc4)c3)cc2)cc(OCCCCCCCCCCCC)c1OCCCCCCCCCCCC. The lowest BCUT2D eigenvalue weighted by molar-refractivity contribution is 0.234.